The Balaban J connectivity index is 1.77. The summed E-state index contributed by atoms with van der Waals surface area (Å²) in [7, 11) is 0. The van der Waals surface area contributed by atoms with Crippen LogP contribution in [0.25, 0.3) is 11.1 Å². The van der Waals surface area contributed by atoms with Crippen molar-refractivity contribution in [2.24, 2.45) is 0 Å². The molecule has 1 N–H and O–H groups in total. The predicted molar refractivity (Wildman–Crippen MR) is 120 cm³/mol. The fraction of sp³-hybridized carbons (Fsp3) is 0.154. The molecular weight excluding hydrogens is 326 g/mol. The Labute approximate surface area is 163 Å². The Hall–Kier alpha value is -3.06. The molecule has 1 aliphatic carbocycles. The van der Waals surface area contributed by atoms with Gasteiger partial charge in [-0.3, -0.25) is 0 Å². The van der Waals surface area contributed by atoms with E-state index >= 15 is 0 Å². The van der Waals surface area contributed by atoms with Crippen LogP contribution in [-0.4, -0.2) is 0 Å². The monoisotopic (exact) mass is 353 g/mol. The first-order valence-electron chi connectivity index (χ1n) is 9.49. The molecule has 136 valence electrons. The number of rotatable bonds is 6. The van der Waals surface area contributed by atoms with E-state index in [1.54, 1.807) is 0 Å². The average molecular weight is 354 g/mol. The summed E-state index contributed by atoms with van der Waals surface area (Å²) in [6.07, 6.45) is 14.8. The molecule has 1 aliphatic rings. The molecule has 0 fully saturated rings. The number of para-hydroxylation sites is 1. The van der Waals surface area contributed by atoms with E-state index in [4.69, 9.17) is 0 Å². The molecule has 0 saturated heterocycles. The van der Waals surface area contributed by atoms with E-state index in [1.807, 2.05) is 43.4 Å². The van der Waals surface area contributed by atoms with Crippen molar-refractivity contribution in [3.05, 3.63) is 108 Å². The summed E-state index contributed by atoms with van der Waals surface area (Å²) < 4.78 is 0. The van der Waals surface area contributed by atoms with Crippen LogP contribution in [0.15, 0.2) is 97.1 Å². The molecule has 0 atom stereocenters. The number of allylic oxidation sites excluding steroid dienone is 9. The van der Waals surface area contributed by atoms with Gasteiger partial charge in [0.2, 0.25) is 0 Å². The molecule has 1 heteroatoms. The van der Waals surface area contributed by atoms with Crippen LogP contribution in [0.3, 0.4) is 0 Å². The number of anilines is 2. The van der Waals surface area contributed by atoms with Gasteiger partial charge in [-0.15, -0.1) is 0 Å². The van der Waals surface area contributed by atoms with Gasteiger partial charge in [-0.25, -0.2) is 0 Å². The Morgan fingerprint density at radius 2 is 1.74 bits per heavy atom. The van der Waals surface area contributed by atoms with Gasteiger partial charge in [-0.1, -0.05) is 78.9 Å². The van der Waals surface area contributed by atoms with Gasteiger partial charge in [-0.05, 0) is 61.6 Å². The minimum atomic E-state index is 0.988. The third-order valence-electron chi connectivity index (χ3n) is 4.77. The fourth-order valence-corrected chi connectivity index (χ4v) is 3.15. The molecule has 2 aromatic rings. The molecule has 2 aromatic carbocycles. The van der Waals surface area contributed by atoms with Crippen molar-refractivity contribution in [2.45, 2.75) is 26.7 Å². The van der Waals surface area contributed by atoms with E-state index in [9.17, 15) is 0 Å². The highest BCUT2D eigenvalue weighted by Crippen LogP contribution is 2.30. The molecule has 0 aromatic heterocycles. The minimum Gasteiger partial charge on any atom is -0.355 e. The van der Waals surface area contributed by atoms with Crippen molar-refractivity contribution in [3.63, 3.8) is 0 Å². The first-order valence-corrected chi connectivity index (χ1v) is 9.49. The van der Waals surface area contributed by atoms with Gasteiger partial charge in [0.1, 0.15) is 0 Å². The van der Waals surface area contributed by atoms with Gasteiger partial charge in [0.05, 0.1) is 0 Å². The van der Waals surface area contributed by atoms with Gasteiger partial charge in [0.15, 0.2) is 0 Å². The quantitative estimate of drug-likeness (QED) is 0.525. The van der Waals surface area contributed by atoms with E-state index in [0.717, 1.165) is 35.4 Å². The lowest BCUT2D eigenvalue weighted by atomic mass is 9.94. The molecular formula is C26H27N. The zero-order chi connectivity index (χ0) is 19.1. The molecule has 0 aliphatic heterocycles. The van der Waals surface area contributed by atoms with Crippen molar-refractivity contribution in [3.8, 4) is 0 Å². The van der Waals surface area contributed by atoms with Crippen LogP contribution in [0.4, 0.5) is 11.4 Å². The van der Waals surface area contributed by atoms with E-state index < -0.39 is 0 Å². The van der Waals surface area contributed by atoms with Crippen LogP contribution >= 0.6 is 0 Å². The summed E-state index contributed by atoms with van der Waals surface area (Å²) in [6, 6.07) is 17.0. The van der Waals surface area contributed by atoms with Crippen LogP contribution in [-0.2, 0) is 0 Å². The number of hydrogen-bond donors (Lipinski definition) is 1. The van der Waals surface area contributed by atoms with Crippen LogP contribution in [0.5, 0.6) is 0 Å². The zero-order valence-corrected chi connectivity index (χ0v) is 16.2. The first-order chi connectivity index (χ1) is 13.2. The SMILES string of the molecule is C=C(/C=C\C=C/C)c1ccccc1Nc1ccc(C2=CC=C(C)CC2)cc1. The summed E-state index contributed by atoms with van der Waals surface area (Å²) in [4.78, 5) is 0. The van der Waals surface area contributed by atoms with Crippen molar-refractivity contribution in [1.29, 1.82) is 0 Å². The normalized spacial score (nSPS) is 14.3. The summed E-state index contributed by atoms with van der Waals surface area (Å²) in [5.41, 5.74) is 8.42. The van der Waals surface area contributed by atoms with Crippen LogP contribution < -0.4 is 5.32 Å². The topological polar surface area (TPSA) is 12.0 Å². The lowest BCUT2D eigenvalue weighted by Crippen LogP contribution is -1.96. The molecule has 1 nitrogen and oxygen atoms in total. The number of hydrogen-bond acceptors (Lipinski definition) is 1. The molecule has 3 rings (SSSR count). The molecule has 0 bridgehead atoms. The van der Waals surface area contributed by atoms with Gasteiger partial charge >= 0.3 is 0 Å². The molecule has 0 unspecified atom stereocenters. The van der Waals surface area contributed by atoms with Gasteiger partial charge in [-0.2, -0.15) is 0 Å². The van der Waals surface area contributed by atoms with Crippen LogP contribution in [0.2, 0.25) is 0 Å². The summed E-state index contributed by atoms with van der Waals surface area (Å²) in [6.45, 7) is 8.41. The lowest BCUT2D eigenvalue weighted by Gasteiger charge is -2.15. The maximum absolute atomic E-state index is 4.21. The maximum Gasteiger partial charge on any atom is 0.0463 e. The molecule has 0 amide bonds. The van der Waals surface area contributed by atoms with Crippen LogP contribution in [0, 0.1) is 0 Å². The number of benzene rings is 2. The summed E-state index contributed by atoms with van der Waals surface area (Å²) in [5.74, 6) is 0. The van der Waals surface area contributed by atoms with Crippen molar-refractivity contribution < 1.29 is 0 Å². The number of nitrogens with one attached hydrogen (secondary N) is 1. The lowest BCUT2D eigenvalue weighted by molar-refractivity contribution is 0.977. The predicted octanol–water partition coefficient (Wildman–Crippen LogP) is 7.70. The summed E-state index contributed by atoms with van der Waals surface area (Å²) in [5, 5.41) is 3.54. The van der Waals surface area contributed by atoms with E-state index in [-0.39, 0.29) is 0 Å². The third-order valence-corrected chi connectivity index (χ3v) is 4.77. The van der Waals surface area contributed by atoms with Gasteiger partial charge in [0, 0.05) is 16.9 Å². The minimum absolute atomic E-state index is 0.988. The Kier molecular flexibility index (Phi) is 6.27. The third kappa shape index (κ3) is 4.98. The van der Waals surface area contributed by atoms with E-state index in [1.165, 1.54) is 16.7 Å². The fourth-order valence-electron chi connectivity index (χ4n) is 3.15. The highest BCUT2D eigenvalue weighted by atomic mass is 14.9. The summed E-state index contributed by atoms with van der Waals surface area (Å²) >= 11 is 0. The molecule has 0 spiro atoms. The Morgan fingerprint density at radius 3 is 2.44 bits per heavy atom. The standard InChI is InChI=1S/C26H27N/c1-4-5-6-9-21(3)25-10-7-8-11-26(25)27-24-18-16-23(17-19-24)22-14-12-20(2)13-15-22/h4-12,14,16-19,27H,3,13,15H2,1-2H3/b5-4-,9-6-. The van der Waals surface area contributed by atoms with Crippen LogP contribution in [0.1, 0.15) is 37.8 Å². The van der Waals surface area contributed by atoms with Crippen molar-refractivity contribution in [1.82, 2.24) is 0 Å². The Bertz CT molecular complexity index is 921. The van der Waals surface area contributed by atoms with Gasteiger partial charge in [0.25, 0.3) is 0 Å². The average Bonchev–Trinajstić information content (AvgIpc) is 2.70. The van der Waals surface area contributed by atoms with Crippen molar-refractivity contribution >= 4 is 22.5 Å². The maximum atomic E-state index is 4.21. The smallest absolute Gasteiger partial charge is 0.0463 e. The van der Waals surface area contributed by atoms with E-state index in [2.05, 4.69) is 67.4 Å². The largest absolute Gasteiger partial charge is 0.355 e. The zero-order valence-electron chi connectivity index (χ0n) is 16.2. The van der Waals surface area contributed by atoms with Gasteiger partial charge < -0.3 is 5.32 Å². The second-order valence-electron chi connectivity index (χ2n) is 6.86. The molecule has 27 heavy (non-hydrogen) atoms. The highest BCUT2D eigenvalue weighted by molar-refractivity contribution is 5.83. The second kappa shape index (κ2) is 9.05. The molecule has 0 heterocycles. The second-order valence-corrected chi connectivity index (χ2v) is 6.86. The Morgan fingerprint density at radius 1 is 0.963 bits per heavy atom. The highest BCUT2D eigenvalue weighted by Gasteiger charge is 2.07. The molecule has 0 saturated carbocycles. The van der Waals surface area contributed by atoms with E-state index in [0.29, 0.717) is 0 Å². The molecule has 0 radical (unpaired) electrons. The first kappa shape index (κ1) is 18.7. The van der Waals surface area contributed by atoms with Crippen molar-refractivity contribution in [2.75, 3.05) is 5.32 Å².